The predicted molar refractivity (Wildman–Crippen MR) is 148 cm³/mol. The van der Waals surface area contributed by atoms with Crippen LogP contribution in [0.3, 0.4) is 0 Å². The van der Waals surface area contributed by atoms with E-state index in [1.165, 1.54) is 11.1 Å². The molecule has 3 aromatic rings. The van der Waals surface area contributed by atoms with Crippen molar-refractivity contribution >= 4 is 17.9 Å². The number of carbonyl (C=O) groups is 3. The molecule has 13 nitrogen and oxygen atoms in total. The molecule has 5 N–H and O–H groups in total. The van der Waals surface area contributed by atoms with Gasteiger partial charge < -0.3 is 34.7 Å². The molecular formula is C29H37N3O10. The number of aryl methyl sites for hydroxylation is 2. The van der Waals surface area contributed by atoms with Crippen molar-refractivity contribution in [1.82, 2.24) is 14.7 Å². The van der Waals surface area contributed by atoms with Crippen LogP contribution in [0.15, 0.2) is 47.1 Å². The monoisotopic (exact) mass is 587 g/mol. The number of aliphatic carboxylic acids is 3. The van der Waals surface area contributed by atoms with Crippen molar-refractivity contribution in [2.45, 2.75) is 77.5 Å². The standard InChI is InChI=1S/C23H29N3O3.C6H8O7/c1-16-9-17(2)26(24-16)14-21(27)13-25(15-22-5-4-8-28-22)12-19-6-7-23-20(11-19)10-18(3)29-23;7-3(8)1-6(13,5(11)12)2-4(9)10/h4-9,11,18,21,27H,10,12-15H2,1-3H3;13H,1-2H2,(H,7,8)(H,9,10)(H,11,12). The number of benzene rings is 1. The first-order chi connectivity index (χ1) is 19.7. The van der Waals surface area contributed by atoms with Gasteiger partial charge in [0.25, 0.3) is 0 Å². The highest BCUT2D eigenvalue weighted by Gasteiger charge is 2.40. The molecule has 3 heterocycles. The number of furan rings is 1. The van der Waals surface area contributed by atoms with Crippen molar-refractivity contribution in [3.63, 3.8) is 0 Å². The number of fused-ring (bicyclic) bond motifs is 1. The molecule has 0 aliphatic carbocycles. The number of aromatic nitrogens is 2. The van der Waals surface area contributed by atoms with Gasteiger partial charge in [-0.2, -0.15) is 5.10 Å². The SMILES string of the molecule is Cc1cc(C)n(CC(O)CN(Cc2ccc3c(c2)CC(C)O3)Cc2ccco2)n1.O=C(O)CC(O)(CC(=O)O)C(=O)O. The Balaban J connectivity index is 0.000000316. The highest BCUT2D eigenvalue weighted by Crippen LogP contribution is 2.30. The molecule has 0 saturated heterocycles. The predicted octanol–water partition coefficient (Wildman–Crippen LogP) is 2.23. The third kappa shape index (κ3) is 9.43. The minimum absolute atomic E-state index is 0.238. The van der Waals surface area contributed by atoms with Gasteiger partial charge in [-0.1, -0.05) is 12.1 Å². The summed E-state index contributed by atoms with van der Waals surface area (Å²) in [5.41, 5.74) is 1.77. The van der Waals surface area contributed by atoms with Gasteiger partial charge in [-0.3, -0.25) is 19.2 Å². The van der Waals surface area contributed by atoms with Crippen LogP contribution in [-0.2, 0) is 40.4 Å². The lowest BCUT2D eigenvalue weighted by Gasteiger charge is -2.25. The Hall–Kier alpha value is -4.20. The molecule has 0 saturated carbocycles. The third-order valence-electron chi connectivity index (χ3n) is 6.57. The highest BCUT2D eigenvalue weighted by atomic mass is 16.5. The van der Waals surface area contributed by atoms with Crippen LogP contribution >= 0.6 is 0 Å². The van der Waals surface area contributed by atoms with Gasteiger partial charge in [0.05, 0.1) is 44.0 Å². The molecular weight excluding hydrogens is 550 g/mol. The largest absolute Gasteiger partial charge is 0.490 e. The normalized spacial score (nSPS) is 15.0. The third-order valence-corrected chi connectivity index (χ3v) is 6.57. The van der Waals surface area contributed by atoms with Gasteiger partial charge >= 0.3 is 17.9 Å². The zero-order valence-corrected chi connectivity index (χ0v) is 23.8. The fraction of sp³-hybridized carbons (Fsp3) is 0.448. The second-order valence-corrected chi connectivity index (χ2v) is 10.6. The lowest BCUT2D eigenvalue weighted by atomic mass is 9.96. The van der Waals surface area contributed by atoms with Crippen molar-refractivity contribution in [1.29, 1.82) is 0 Å². The molecule has 2 atom stereocenters. The molecule has 0 spiro atoms. The fourth-order valence-electron chi connectivity index (χ4n) is 4.77. The highest BCUT2D eigenvalue weighted by molar-refractivity contribution is 5.88. The van der Waals surface area contributed by atoms with Crippen molar-refractivity contribution < 1.29 is 49.1 Å². The molecule has 2 aromatic heterocycles. The molecule has 1 aromatic carbocycles. The van der Waals surface area contributed by atoms with Crippen molar-refractivity contribution in [2.24, 2.45) is 0 Å². The van der Waals surface area contributed by atoms with Gasteiger partial charge in [-0.15, -0.1) is 0 Å². The quantitative estimate of drug-likeness (QED) is 0.196. The van der Waals surface area contributed by atoms with Gasteiger partial charge in [-0.25, -0.2) is 4.79 Å². The van der Waals surface area contributed by atoms with Crippen LogP contribution in [-0.4, -0.2) is 82.5 Å². The van der Waals surface area contributed by atoms with Crippen LogP contribution in [0.25, 0.3) is 0 Å². The number of ether oxygens (including phenoxy) is 1. The van der Waals surface area contributed by atoms with Crippen molar-refractivity contribution in [3.05, 3.63) is 70.9 Å². The Kier molecular flexibility index (Phi) is 10.9. The zero-order chi connectivity index (χ0) is 31.0. The van der Waals surface area contributed by atoms with Crippen LogP contribution in [0.2, 0.25) is 0 Å². The molecule has 42 heavy (non-hydrogen) atoms. The number of aliphatic hydroxyl groups is 2. The molecule has 0 radical (unpaired) electrons. The summed E-state index contributed by atoms with van der Waals surface area (Å²) in [4.78, 5) is 32.7. The van der Waals surface area contributed by atoms with E-state index in [0.717, 1.165) is 35.9 Å². The molecule has 0 amide bonds. The average molecular weight is 588 g/mol. The molecule has 1 aliphatic heterocycles. The first kappa shape index (κ1) is 32.3. The number of hydrogen-bond acceptors (Lipinski definition) is 9. The van der Waals surface area contributed by atoms with Crippen LogP contribution in [0.1, 0.15) is 48.0 Å². The second kappa shape index (κ2) is 14.1. The van der Waals surface area contributed by atoms with Crippen molar-refractivity contribution in [3.8, 4) is 5.75 Å². The number of aliphatic hydroxyl groups excluding tert-OH is 1. The average Bonchev–Trinajstić information content (AvgIpc) is 3.58. The Morgan fingerprint density at radius 1 is 1.10 bits per heavy atom. The lowest BCUT2D eigenvalue weighted by molar-refractivity contribution is -0.170. The van der Waals surface area contributed by atoms with E-state index in [1.807, 2.05) is 36.7 Å². The second-order valence-electron chi connectivity index (χ2n) is 10.6. The van der Waals surface area contributed by atoms with Crippen molar-refractivity contribution in [2.75, 3.05) is 6.54 Å². The van der Waals surface area contributed by atoms with E-state index in [1.54, 1.807) is 6.26 Å². The Bertz CT molecular complexity index is 1350. The smallest absolute Gasteiger partial charge is 0.336 e. The van der Waals surface area contributed by atoms with Gasteiger partial charge in [0.15, 0.2) is 5.60 Å². The molecule has 0 bridgehead atoms. The van der Waals surface area contributed by atoms with E-state index in [-0.39, 0.29) is 6.10 Å². The Morgan fingerprint density at radius 2 is 1.79 bits per heavy atom. The van der Waals surface area contributed by atoms with E-state index in [2.05, 4.69) is 35.1 Å². The minimum atomic E-state index is -2.74. The summed E-state index contributed by atoms with van der Waals surface area (Å²) in [6, 6.07) is 12.3. The topological polar surface area (TPSA) is 196 Å². The maximum Gasteiger partial charge on any atom is 0.336 e. The van der Waals surface area contributed by atoms with Crippen LogP contribution < -0.4 is 4.74 Å². The van der Waals surface area contributed by atoms with E-state index < -0.39 is 42.5 Å². The summed E-state index contributed by atoms with van der Waals surface area (Å²) >= 11 is 0. The van der Waals surface area contributed by atoms with Crippen LogP contribution in [0, 0.1) is 13.8 Å². The van der Waals surface area contributed by atoms with E-state index in [4.69, 9.17) is 29.6 Å². The fourth-order valence-corrected chi connectivity index (χ4v) is 4.77. The number of rotatable bonds is 13. The van der Waals surface area contributed by atoms with Gasteiger partial charge in [0, 0.05) is 25.2 Å². The maximum atomic E-state index is 10.7. The van der Waals surface area contributed by atoms with E-state index in [9.17, 15) is 19.5 Å². The Labute approximate surface area is 242 Å². The first-order valence-electron chi connectivity index (χ1n) is 13.4. The number of nitrogens with zero attached hydrogens (tertiary/aromatic N) is 3. The van der Waals surface area contributed by atoms with Gasteiger partial charge in [0.1, 0.15) is 17.6 Å². The summed E-state index contributed by atoms with van der Waals surface area (Å²) in [6.07, 6.45) is 0.0573. The molecule has 0 fully saturated rings. The molecule has 1 aliphatic rings. The summed E-state index contributed by atoms with van der Waals surface area (Å²) < 4.78 is 13.2. The number of carboxylic acids is 3. The summed E-state index contributed by atoms with van der Waals surface area (Å²) in [7, 11) is 0. The van der Waals surface area contributed by atoms with E-state index in [0.29, 0.717) is 19.6 Å². The van der Waals surface area contributed by atoms with Crippen LogP contribution in [0.5, 0.6) is 5.75 Å². The zero-order valence-electron chi connectivity index (χ0n) is 23.8. The summed E-state index contributed by atoms with van der Waals surface area (Å²) in [5.74, 6) is -3.14. The Morgan fingerprint density at radius 3 is 2.33 bits per heavy atom. The number of hydrogen-bond donors (Lipinski definition) is 5. The summed E-state index contributed by atoms with van der Waals surface area (Å²) in [5, 5.41) is 49.0. The summed E-state index contributed by atoms with van der Waals surface area (Å²) in [6.45, 7) is 8.46. The minimum Gasteiger partial charge on any atom is -0.490 e. The maximum absolute atomic E-state index is 10.7. The molecule has 228 valence electrons. The van der Waals surface area contributed by atoms with E-state index >= 15 is 0 Å². The van der Waals surface area contributed by atoms with Crippen LogP contribution in [0.4, 0.5) is 0 Å². The van der Waals surface area contributed by atoms with Gasteiger partial charge in [0.2, 0.25) is 0 Å². The molecule has 13 heteroatoms. The molecule has 2 unspecified atom stereocenters. The lowest BCUT2D eigenvalue weighted by Crippen LogP contribution is -2.42. The molecule has 4 rings (SSSR count). The first-order valence-corrected chi connectivity index (χ1v) is 13.4. The number of carboxylic acid groups (broad SMARTS) is 3. The van der Waals surface area contributed by atoms with Gasteiger partial charge in [-0.05, 0) is 56.2 Å².